The van der Waals surface area contributed by atoms with E-state index in [2.05, 4.69) is 16.7 Å². The van der Waals surface area contributed by atoms with E-state index >= 15 is 0 Å². The van der Waals surface area contributed by atoms with Gasteiger partial charge in [0, 0.05) is 16.9 Å². The first-order chi connectivity index (χ1) is 12.8. The summed E-state index contributed by atoms with van der Waals surface area (Å²) in [5, 5.41) is 15.7. The average Bonchev–Trinajstić information content (AvgIpc) is 3.22. The van der Waals surface area contributed by atoms with E-state index in [0.717, 1.165) is 44.2 Å². The number of rotatable bonds is 3. The third-order valence-electron chi connectivity index (χ3n) is 5.60. The van der Waals surface area contributed by atoms with Gasteiger partial charge in [0.2, 0.25) is 0 Å². The van der Waals surface area contributed by atoms with Crippen LogP contribution in [0.2, 0.25) is 0 Å². The first-order valence-electron chi connectivity index (χ1n) is 9.60. The van der Waals surface area contributed by atoms with Crippen molar-refractivity contribution in [2.75, 3.05) is 10.6 Å². The molecule has 2 aliphatic carbocycles. The van der Waals surface area contributed by atoms with Crippen LogP contribution in [0.25, 0.3) is 0 Å². The number of amides is 2. The van der Waals surface area contributed by atoms with Crippen LogP contribution >= 0.6 is 0 Å². The van der Waals surface area contributed by atoms with Gasteiger partial charge in [-0.2, -0.15) is 0 Å². The number of benzene rings is 2. The van der Waals surface area contributed by atoms with Crippen LogP contribution in [0.5, 0.6) is 0 Å². The Hall–Kier alpha value is -2.40. The molecule has 2 aromatic rings. The summed E-state index contributed by atoms with van der Waals surface area (Å²) in [5.41, 5.74) is 5.48. The van der Waals surface area contributed by atoms with Gasteiger partial charge in [0.05, 0.1) is 5.60 Å². The number of hydrogen-bond acceptors (Lipinski definition) is 2. The molecule has 0 unspecified atom stereocenters. The first kappa shape index (κ1) is 18.0. The lowest BCUT2D eigenvalue weighted by Gasteiger charge is -2.19. The van der Waals surface area contributed by atoms with E-state index in [1.807, 2.05) is 0 Å². The Balaban J connectivity index is 1.55. The van der Waals surface area contributed by atoms with Crippen molar-refractivity contribution < 1.29 is 14.3 Å². The molecule has 2 amide bonds. The highest BCUT2D eigenvalue weighted by Crippen LogP contribution is 2.38. The molecule has 0 heterocycles. The minimum Gasteiger partial charge on any atom is -0.386 e. The summed E-state index contributed by atoms with van der Waals surface area (Å²) >= 11 is 0. The molecular weight excluding hydrogens is 343 g/mol. The van der Waals surface area contributed by atoms with Crippen molar-refractivity contribution in [2.24, 2.45) is 0 Å². The van der Waals surface area contributed by atoms with Gasteiger partial charge in [-0.1, -0.05) is 12.1 Å². The van der Waals surface area contributed by atoms with E-state index < -0.39 is 11.4 Å². The molecule has 2 aromatic carbocycles. The third kappa shape index (κ3) is 3.44. The van der Waals surface area contributed by atoms with Gasteiger partial charge in [-0.05, 0) is 86.8 Å². The maximum Gasteiger partial charge on any atom is 0.323 e. The van der Waals surface area contributed by atoms with E-state index in [1.54, 1.807) is 6.07 Å². The number of halogens is 1. The largest absolute Gasteiger partial charge is 0.386 e. The van der Waals surface area contributed by atoms with Crippen molar-refractivity contribution in [3.63, 3.8) is 0 Å². The number of carbonyl (C=O) groups is 1. The van der Waals surface area contributed by atoms with Crippen LogP contribution in [-0.2, 0) is 31.3 Å². The second-order valence-electron chi connectivity index (χ2n) is 8.07. The Morgan fingerprint density at radius 3 is 2.19 bits per heavy atom. The van der Waals surface area contributed by atoms with Crippen LogP contribution in [0.1, 0.15) is 54.5 Å². The zero-order valence-corrected chi connectivity index (χ0v) is 15.8. The molecule has 5 heteroatoms. The van der Waals surface area contributed by atoms with E-state index in [-0.39, 0.29) is 11.6 Å². The van der Waals surface area contributed by atoms with Crippen LogP contribution in [0, 0.1) is 5.82 Å². The number of aliphatic hydroxyl groups is 1. The predicted octanol–water partition coefficient (Wildman–Crippen LogP) is 4.67. The molecule has 27 heavy (non-hydrogen) atoms. The van der Waals surface area contributed by atoms with Crippen molar-refractivity contribution in [2.45, 2.75) is 58.0 Å². The maximum atomic E-state index is 14.3. The second-order valence-corrected chi connectivity index (χ2v) is 8.07. The van der Waals surface area contributed by atoms with Gasteiger partial charge in [-0.25, -0.2) is 9.18 Å². The summed E-state index contributed by atoms with van der Waals surface area (Å²) in [6.07, 6.45) is 6.38. The highest BCUT2D eigenvalue weighted by molar-refractivity contribution is 6.01. The van der Waals surface area contributed by atoms with Crippen molar-refractivity contribution >= 4 is 17.4 Å². The summed E-state index contributed by atoms with van der Waals surface area (Å²) < 4.78 is 14.3. The molecular formula is C22H25FN2O2. The Labute approximate surface area is 158 Å². The van der Waals surface area contributed by atoms with Crippen LogP contribution in [0.4, 0.5) is 20.6 Å². The lowest BCUT2D eigenvalue weighted by Crippen LogP contribution is -2.22. The standard InChI is InChI=1S/C22H25FN2O2/c1-22(2,27)18-10-9-15(12-19(18)23)24-21(26)25-20-16-7-3-5-13(16)11-14-6-4-8-17(14)20/h9-12,27H,3-8H2,1-2H3,(H2,24,25,26). The third-order valence-corrected chi connectivity index (χ3v) is 5.60. The topological polar surface area (TPSA) is 61.4 Å². The summed E-state index contributed by atoms with van der Waals surface area (Å²) in [7, 11) is 0. The maximum absolute atomic E-state index is 14.3. The van der Waals surface area contributed by atoms with Crippen LogP contribution < -0.4 is 10.6 Å². The van der Waals surface area contributed by atoms with Gasteiger partial charge in [0.1, 0.15) is 5.82 Å². The number of nitrogens with one attached hydrogen (secondary N) is 2. The van der Waals surface area contributed by atoms with Crippen LogP contribution in [-0.4, -0.2) is 11.1 Å². The number of hydrogen-bond donors (Lipinski definition) is 3. The number of fused-ring (bicyclic) bond motifs is 2. The van der Waals surface area contributed by atoms with E-state index in [1.165, 1.54) is 48.2 Å². The molecule has 0 atom stereocenters. The van der Waals surface area contributed by atoms with Crippen molar-refractivity contribution in [3.05, 3.63) is 57.9 Å². The van der Waals surface area contributed by atoms with Crippen molar-refractivity contribution in [1.82, 2.24) is 0 Å². The molecule has 0 spiro atoms. The fourth-order valence-corrected chi connectivity index (χ4v) is 4.33. The smallest absolute Gasteiger partial charge is 0.323 e. The fraction of sp³-hybridized carbons (Fsp3) is 0.409. The number of urea groups is 1. The second kappa shape index (κ2) is 6.64. The molecule has 0 saturated heterocycles. The number of aryl methyl sites for hydroxylation is 2. The molecule has 0 bridgehead atoms. The lowest BCUT2D eigenvalue weighted by molar-refractivity contribution is 0.0746. The average molecular weight is 368 g/mol. The summed E-state index contributed by atoms with van der Waals surface area (Å²) in [4.78, 5) is 12.6. The number of anilines is 2. The van der Waals surface area contributed by atoms with Gasteiger partial charge in [0.25, 0.3) is 0 Å². The fourth-order valence-electron chi connectivity index (χ4n) is 4.33. The Morgan fingerprint density at radius 1 is 1.00 bits per heavy atom. The zero-order chi connectivity index (χ0) is 19.2. The summed E-state index contributed by atoms with van der Waals surface area (Å²) in [6, 6.07) is 6.31. The lowest BCUT2D eigenvalue weighted by atomic mass is 9.97. The van der Waals surface area contributed by atoms with Gasteiger partial charge in [-0.3, -0.25) is 0 Å². The minimum atomic E-state index is -1.27. The first-order valence-corrected chi connectivity index (χ1v) is 9.60. The molecule has 0 fully saturated rings. The monoisotopic (exact) mass is 368 g/mol. The number of carbonyl (C=O) groups excluding carboxylic acids is 1. The van der Waals surface area contributed by atoms with E-state index in [9.17, 15) is 14.3 Å². The molecule has 4 nitrogen and oxygen atoms in total. The van der Waals surface area contributed by atoms with Crippen LogP contribution in [0.3, 0.4) is 0 Å². The van der Waals surface area contributed by atoms with Gasteiger partial charge in [-0.15, -0.1) is 0 Å². The molecule has 0 saturated carbocycles. The molecule has 3 N–H and O–H groups in total. The SMILES string of the molecule is CC(C)(O)c1ccc(NC(=O)Nc2c3c(cc4c2CCC4)CCC3)cc1F. The van der Waals surface area contributed by atoms with Crippen LogP contribution in [0.15, 0.2) is 24.3 Å². The van der Waals surface area contributed by atoms with Crippen molar-refractivity contribution in [1.29, 1.82) is 0 Å². The zero-order valence-electron chi connectivity index (χ0n) is 15.8. The highest BCUT2D eigenvalue weighted by atomic mass is 19.1. The van der Waals surface area contributed by atoms with Gasteiger partial charge >= 0.3 is 6.03 Å². The van der Waals surface area contributed by atoms with Crippen molar-refractivity contribution in [3.8, 4) is 0 Å². The molecule has 0 aliphatic heterocycles. The Bertz CT molecular complexity index is 883. The predicted molar refractivity (Wildman–Crippen MR) is 105 cm³/mol. The Morgan fingerprint density at radius 2 is 1.63 bits per heavy atom. The van der Waals surface area contributed by atoms with Gasteiger partial charge < -0.3 is 15.7 Å². The molecule has 0 radical (unpaired) electrons. The molecule has 2 aliphatic rings. The normalized spacial score (nSPS) is 15.4. The summed E-state index contributed by atoms with van der Waals surface area (Å²) in [6.45, 7) is 3.06. The minimum absolute atomic E-state index is 0.201. The molecule has 4 rings (SSSR count). The molecule has 0 aromatic heterocycles. The van der Waals surface area contributed by atoms with Gasteiger partial charge in [0.15, 0.2) is 0 Å². The molecule has 142 valence electrons. The summed E-state index contributed by atoms with van der Waals surface area (Å²) in [5.74, 6) is -0.540. The van der Waals surface area contributed by atoms with E-state index in [4.69, 9.17) is 0 Å². The highest BCUT2D eigenvalue weighted by Gasteiger charge is 2.25. The Kier molecular flexibility index (Phi) is 4.42. The quantitative estimate of drug-likeness (QED) is 0.737. The van der Waals surface area contributed by atoms with E-state index in [0.29, 0.717) is 5.69 Å².